The van der Waals surface area contributed by atoms with E-state index < -0.39 is 0 Å². The topological polar surface area (TPSA) is 75.9 Å². The van der Waals surface area contributed by atoms with Crippen molar-refractivity contribution in [1.29, 1.82) is 0 Å². The highest BCUT2D eigenvalue weighted by atomic mass is 15.1. The lowest BCUT2D eigenvalue weighted by molar-refractivity contribution is 0.863. The molecular weight excluding hydrogens is 262 g/mol. The largest absolute Gasteiger partial charge is 0.370 e. The fourth-order valence-electron chi connectivity index (χ4n) is 2.26. The summed E-state index contributed by atoms with van der Waals surface area (Å²) in [6.07, 6.45) is 1.03. The first-order chi connectivity index (χ1) is 10.1. The summed E-state index contributed by atoms with van der Waals surface area (Å²) in [5, 5.41) is 6.61. The number of benzene rings is 1. The van der Waals surface area contributed by atoms with Crippen LogP contribution in [0.25, 0.3) is 0 Å². The minimum absolute atomic E-state index is 0.152. The first kappa shape index (κ1) is 15.1. The average molecular weight is 285 g/mol. The van der Waals surface area contributed by atoms with E-state index in [1.807, 2.05) is 18.2 Å². The minimum Gasteiger partial charge on any atom is -0.370 e. The summed E-state index contributed by atoms with van der Waals surface area (Å²) >= 11 is 0. The van der Waals surface area contributed by atoms with E-state index in [1.54, 1.807) is 0 Å². The van der Waals surface area contributed by atoms with Gasteiger partial charge in [0, 0.05) is 12.6 Å². The van der Waals surface area contributed by atoms with Gasteiger partial charge in [-0.15, -0.1) is 0 Å². The van der Waals surface area contributed by atoms with Crippen LogP contribution in [0.4, 0.5) is 17.6 Å². The minimum atomic E-state index is 0.152. The Morgan fingerprint density at radius 1 is 1.19 bits per heavy atom. The second-order valence-electron chi connectivity index (χ2n) is 5.15. The highest BCUT2D eigenvalue weighted by Gasteiger charge is 2.10. The smallest absolute Gasteiger partial charge is 0.223 e. The number of rotatable bonds is 6. The van der Waals surface area contributed by atoms with Crippen LogP contribution in [0.2, 0.25) is 0 Å². The predicted molar refractivity (Wildman–Crippen MR) is 88.4 cm³/mol. The van der Waals surface area contributed by atoms with Crippen molar-refractivity contribution in [2.24, 2.45) is 0 Å². The Bertz CT molecular complexity index is 597. The van der Waals surface area contributed by atoms with Crippen LogP contribution in [-0.2, 0) is 0 Å². The molecule has 0 aliphatic heterocycles. The predicted octanol–water partition coefficient (Wildman–Crippen LogP) is 3.36. The molecule has 2 rings (SSSR count). The molecule has 21 heavy (non-hydrogen) atoms. The summed E-state index contributed by atoms with van der Waals surface area (Å²) in [6, 6.07) is 10.4. The highest BCUT2D eigenvalue weighted by Crippen LogP contribution is 2.22. The number of nitrogens with zero attached hydrogens (tertiary/aromatic N) is 2. The fraction of sp³-hybridized carbons (Fsp3) is 0.375. The van der Waals surface area contributed by atoms with Gasteiger partial charge in [-0.05, 0) is 31.4 Å². The number of nitrogens with one attached hydrogen (secondary N) is 2. The van der Waals surface area contributed by atoms with Gasteiger partial charge in [-0.1, -0.05) is 31.2 Å². The van der Waals surface area contributed by atoms with Gasteiger partial charge >= 0.3 is 0 Å². The van der Waals surface area contributed by atoms with Gasteiger partial charge in [-0.3, -0.25) is 0 Å². The maximum Gasteiger partial charge on any atom is 0.223 e. The summed E-state index contributed by atoms with van der Waals surface area (Å²) in [6.45, 7) is 7.19. The summed E-state index contributed by atoms with van der Waals surface area (Å²) in [5.41, 5.74) is 8.27. The number of hydrogen-bond acceptors (Lipinski definition) is 5. The van der Waals surface area contributed by atoms with Crippen molar-refractivity contribution in [2.75, 3.05) is 22.9 Å². The Kier molecular flexibility index (Phi) is 4.98. The van der Waals surface area contributed by atoms with Crippen LogP contribution in [-0.4, -0.2) is 16.5 Å². The number of hydrogen-bond donors (Lipinski definition) is 3. The highest BCUT2D eigenvalue weighted by molar-refractivity contribution is 5.52. The second-order valence-corrected chi connectivity index (χ2v) is 5.15. The lowest BCUT2D eigenvalue weighted by atomic mass is 10.0. The zero-order chi connectivity index (χ0) is 15.2. The van der Waals surface area contributed by atoms with E-state index in [-0.39, 0.29) is 12.0 Å². The van der Waals surface area contributed by atoms with Crippen LogP contribution >= 0.6 is 0 Å². The Balaban J connectivity index is 2.15. The van der Waals surface area contributed by atoms with Gasteiger partial charge in [0.25, 0.3) is 0 Å². The number of aryl methyl sites for hydroxylation is 1. The van der Waals surface area contributed by atoms with Gasteiger partial charge in [0.15, 0.2) is 0 Å². The fourth-order valence-corrected chi connectivity index (χ4v) is 2.26. The van der Waals surface area contributed by atoms with Crippen LogP contribution in [0.15, 0.2) is 30.3 Å². The molecule has 0 aliphatic carbocycles. The summed E-state index contributed by atoms with van der Waals surface area (Å²) in [7, 11) is 0. The molecule has 112 valence electrons. The third-order valence-electron chi connectivity index (χ3n) is 3.32. The van der Waals surface area contributed by atoms with Crippen LogP contribution in [0.1, 0.15) is 37.4 Å². The molecule has 1 atom stereocenters. The van der Waals surface area contributed by atoms with E-state index in [1.165, 1.54) is 11.1 Å². The number of nitrogens with two attached hydrogens (primary N) is 1. The molecule has 0 aliphatic rings. The quantitative estimate of drug-likeness (QED) is 0.758. The van der Waals surface area contributed by atoms with Crippen LogP contribution in [0.5, 0.6) is 0 Å². The molecule has 0 fully saturated rings. The lowest BCUT2D eigenvalue weighted by Gasteiger charge is -2.18. The molecule has 0 bridgehead atoms. The third kappa shape index (κ3) is 4.08. The molecule has 0 saturated heterocycles. The molecule has 0 amide bonds. The van der Waals surface area contributed by atoms with Crippen molar-refractivity contribution in [3.63, 3.8) is 0 Å². The molecule has 1 aromatic carbocycles. The van der Waals surface area contributed by atoms with Gasteiger partial charge < -0.3 is 16.4 Å². The van der Waals surface area contributed by atoms with Crippen molar-refractivity contribution in [2.45, 2.75) is 33.2 Å². The first-order valence-electron chi connectivity index (χ1n) is 7.30. The van der Waals surface area contributed by atoms with Gasteiger partial charge in [0.1, 0.15) is 11.6 Å². The number of anilines is 3. The van der Waals surface area contributed by atoms with Crippen molar-refractivity contribution >= 4 is 17.6 Å². The number of nitrogen functional groups attached to an aromatic ring is 1. The molecule has 5 heteroatoms. The van der Waals surface area contributed by atoms with Crippen molar-refractivity contribution in [3.05, 3.63) is 41.5 Å². The van der Waals surface area contributed by atoms with E-state index in [2.05, 4.69) is 53.5 Å². The maximum absolute atomic E-state index is 5.77. The van der Waals surface area contributed by atoms with E-state index in [0.29, 0.717) is 0 Å². The summed E-state index contributed by atoms with van der Waals surface area (Å²) in [5.74, 6) is 1.76. The Morgan fingerprint density at radius 2 is 1.90 bits per heavy atom. The SMILES string of the molecule is CCCNc1cc(NC(C)c2ccccc2C)nc(N)n1. The Labute approximate surface area is 126 Å². The van der Waals surface area contributed by atoms with Gasteiger partial charge in [-0.2, -0.15) is 9.97 Å². The van der Waals surface area contributed by atoms with Crippen molar-refractivity contribution in [1.82, 2.24) is 9.97 Å². The molecule has 0 spiro atoms. The van der Waals surface area contributed by atoms with E-state index in [0.717, 1.165) is 24.6 Å². The van der Waals surface area contributed by atoms with Crippen molar-refractivity contribution < 1.29 is 0 Å². The standard InChI is InChI=1S/C16H23N5/c1-4-9-18-14-10-15(21-16(17)20-14)19-12(3)13-8-6-5-7-11(13)2/h5-8,10,12H,4,9H2,1-3H3,(H4,17,18,19,20,21). The monoisotopic (exact) mass is 285 g/mol. The Morgan fingerprint density at radius 3 is 2.62 bits per heavy atom. The van der Waals surface area contributed by atoms with Crippen LogP contribution in [0.3, 0.4) is 0 Å². The number of aromatic nitrogens is 2. The molecule has 1 unspecified atom stereocenters. The Hall–Kier alpha value is -2.30. The van der Waals surface area contributed by atoms with Gasteiger partial charge in [0.2, 0.25) is 5.95 Å². The summed E-state index contributed by atoms with van der Waals surface area (Å²) in [4.78, 5) is 8.44. The van der Waals surface area contributed by atoms with E-state index >= 15 is 0 Å². The second kappa shape index (κ2) is 6.92. The van der Waals surface area contributed by atoms with Crippen LogP contribution < -0.4 is 16.4 Å². The first-order valence-corrected chi connectivity index (χ1v) is 7.30. The maximum atomic E-state index is 5.77. The molecule has 2 aromatic rings. The van der Waals surface area contributed by atoms with Crippen LogP contribution in [0, 0.1) is 6.92 Å². The van der Waals surface area contributed by atoms with E-state index in [4.69, 9.17) is 5.73 Å². The van der Waals surface area contributed by atoms with Crippen molar-refractivity contribution in [3.8, 4) is 0 Å². The normalized spacial score (nSPS) is 12.0. The molecule has 4 N–H and O–H groups in total. The molecule has 1 aromatic heterocycles. The zero-order valence-corrected chi connectivity index (χ0v) is 12.9. The van der Waals surface area contributed by atoms with E-state index in [9.17, 15) is 0 Å². The van der Waals surface area contributed by atoms with Gasteiger partial charge in [0.05, 0.1) is 6.04 Å². The lowest BCUT2D eigenvalue weighted by Crippen LogP contribution is -2.12. The molecule has 5 nitrogen and oxygen atoms in total. The molecule has 0 radical (unpaired) electrons. The molecule has 1 heterocycles. The summed E-state index contributed by atoms with van der Waals surface area (Å²) < 4.78 is 0. The average Bonchev–Trinajstić information content (AvgIpc) is 2.45. The van der Waals surface area contributed by atoms with Gasteiger partial charge in [-0.25, -0.2) is 0 Å². The molecule has 0 saturated carbocycles. The third-order valence-corrected chi connectivity index (χ3v) is 3.32. The zero-order valence-electron chi connectivity index (χ0n) is 12.9. The molecular formula is C16H23N5.